The largest absolute Gasteiger partial charge is 0.374 e. The van der Waals surface area contributed by atoms with Gasteiger partial charge in [-0.25, -0.2) is 4.39 Å². The molecule has 6 aliphatic heterocycles. The summed E-state index contributed by atoms with van der Waals surface area (Å²) in [4.78, 5) is 3.01. The van der Waals surface area contributed by atoms with Crippen LogP contribution in [-0.2, 0) is 28.4 Å². The number of nitrogens with two attached hydrogens (primary N) is 2. The van der Waals surface area contributed by atoms with Crippen molar-refractivity contribution < 1.29 is 32.8 Å². The maximum Gasteiger partial charge on any atom is 0.132 e. The first kappa shape index (κ1) is 107. The van der Waals surface area contributed by atoms with E-state index in [4.69, 9.17) is 45.4 Å². The van der Waals surface area contributed by atoms with E-state index in [1.165, 1.54) is 51.4 Å². The molecule has 7 aliphatic rings. The van der Waals surface area contributed by atoms with Crippen LogP contribution < -0.4 is 11.5 Å². The van der Waals surface area contributed by atoms with Crippen LogP contribution in [0.25, 0.3) is 10.4 Å². The minimum absolute atomic E-state index is 0.0171. The molecule has 24 atom stereocenters. The van der Waals surface area contributed by atoms with Gasteiger partial charge in [-0.3, -0.25) is 0 Å². The molecule has 0 radical (unpaired) electrons. The lowest BCUT2D eigenvalue weighted by Crippen LogP contribution is -2.42. The highest BCUT2D eigenvalue weighted by molar-refractivity contribution is 5.02. The van der Waals surface area contributed by atoms with Gasteiger partial charge in [-0.05, 0) is 194 Å². The zero-order valence-electron chi connectivity index (χ0n) is 82.7. The Morgan fingerprint density at radius 2 is 0.673 bits per heavy atom. The molecule has 12 heteroatoms. The van der Waals surface area contributed by atoms with Crippen LogP contribution in [0.15, 0.2) is 5.11 Å². The molecule has 1 aliphatic carbocycles. The lowest BCUT2D eigenvalue weighted by molar-refractivity contribution is -0.0468. The second-order valence-corrected chi connectivity index (χ2v) is 53.1. The molecular weight excluding hydrogens is 1360 g/mol. The van der Waals surface area contributed by atoms with Crippen LogP contribution in [0.4, 0.5) is 4.39 Å². The Kier molecular flexibility index (Phi) is 39.2. The van der Waals surface area contributed by atoms with Crippen molar-refractivity contribution in [3.8, 4) is 0 Å². The fraction of sp³-hybridized carbons (Fsp3) is 1.00. The number of halogens is 1. The number of azide groups is 1. The molecule has 24 unspecified atom stereocenters. The average Bonchev–Trinajstić information content (AvgIpc) is 1.68. The Balaban J connectivity index is 0.000000642. The maximum absolute atomic E-state index is 14.2. The van der Waals surface area contributed by atoms with Crippen molar-refractivity contribution in [2.75, 3.05) is 0 Å². The highest BCUT2D eigenvalue weighted by atomic mass is 19.1. The van der Waals surface area contributed by atoms with Gasteiger partial charge in [0, 0.05) is 28.8 Å². The second kappa shape index (κ2) is 40.3. The fourth-order valence-electron chi connectivity index (χ4n) is 18.7. The summed E-state index contributed by atoms with van der Waals surface area (Å²) in [6.45, 7) is 108. The number of alkyl halides is 1. The molecule has 0 amide bonds. The third-order valence-corrected chi connectivity index (χ3v) is 24.2. The zero-order chi connectivity index (χ0) is 87.0. The number of ether oxygens (including phenoxy) is 6. The standard InChI is InChI=1S/C15H30.C14H27FO.C14H27N3O.2C14H29NO.C14H28O.C13H26O/c1-11-8-13(15(5,6)7)9-12(11)10-14(2,3)4;1-9-10(8-13(2,3)4)16-12(11(9)15)14(5,6)7;1-9-11(16-17-15)10(8-13(2,3)4)18-12(9)14(5,6)7;1-9-11(15)10(8-13(2,3)4)16-12(9)14(5,6)7;1-9-10(8-13(2,3)4)16-12(11(9)15)14(5,6)7;1-10-8-11(9-13(2,3)4)15-12(10)14(5,6)7;1-12(2,3)9-10-7-8-11(14-10)13(4,5)6/h11-13H,8-10H2,1-7H3;9-12H,8H2,1-7H3;9-12H,8H2,1-7H3;2*9-12H,8,15H2,1-7H3;10-12H,8-9H2,1-7H3;10-11H,7-9H2,1-6H3. The summed E-state index contributed by atoms with van der Waals surface area (Å²) in [7, 11) is 0. The van der Waals surface area contributed by atoms with E-state index in [0.717, 1.165) is 43.4 Å². The molecular formula is C98H196FN5O6. The van der Waals surface area contributed by atoms with E-state index in [1.807, 2.05) is 6.92 Å². The molecule has 0 aromatic carbocycles. The number of rotatable bonds is 8. The molecule has 0 aromatic heterocycles. The predicted octanol–water partition coefficient (Wildman–Crippen LogP) is 28.6. The van der Waals surface area contributed by atoms with Crippen molar-refractivity contribution in [3.63, 3.8) is 0 Å². The molecule has 0 aromatic rings. The number of nitrogens with zero attached hydrogens (tertiary/aromatic N) is 3. The summed E-state index contributed by atoms with van der Waals surface area (Å²) in [6, 6.07) is 0.314. The van der Waals surface area contributed by atoms with E-state index < -0.39 is 6.17 Å². The molecule has 6 saturated heterocycles. The molecule has 6 heterocycles. The number of hydrogen-bond acceptors (Lipinski definition) is 9. The van der Waals surface area contributed by atoms with E-state index >= 15 is 0 Å². The van der Waals surface area contributed by atoms with Crippen LogP contribution >= 0.6 is 0 Å². The summed E-state index contributed by atoms with van der Waals surface area (Å²) >= 11 is 0. The van der Waals surface area contributed by atoms with Crippen molar-refractivity contribution in [1.29, 1.82) is 0 Å². The van der Waals surface area contributed by atoms with Gasteiger partial charge >= 0.3 is 0 Å². The smallest absolute Gasteiger partial charge is 0.132 e. The second-order valence-electron chi connectivity index (χ2n) is 53.1. The van der Waals surface area contributed by atoms with Gasteiger partial charge in [-0.1, -0.05) is 337 Å². The van der Waals surface area contributed by atoms with Crippen molar-refractivity contribution in [2.45, 2.75) is 507 Å². The topological polar surface area (TPSA) is 156 Å². The Bertz CT molecular complexity index is 2540. The van der Waals surface area contributed by atoms with E-state index in [2.05, 4.69) is 335 Å². The molecule has 0 bridgehead atoms. The molecule has 656 valence electrons. The Hall–Kier alpha value is -1.08. The lowest BCUT2D eigenvalue weighted by Gasteiger charge is -2.30. The molecule has 4 N–H and O–H groups in total. The van der Waals surface area contributed by atoms with Gasteiger partial charge in [-0.15, -0.1) is 0 Å². The van der Waals surface area contributed by atoms with E-state index in [9.17, 15) is 4.39 Å². The van der Waals surface area contributed by atoms with Gasteiger partial charge in [0.05, 0.1) is 79.3 Å². The predicted molar refractivity (Wildman–Crippen MR) is 475 cm³/mol. The maximum atomic E-state index is 14.2. The van der Waals surface area contributed by atoms with Crippen LogP contribution in [0.2, 0.25) is 0 Å². The first-order valence-electron chi connectivity index (χ1n) is 44.6. The molecule has 7 fully saturated rings. The first-order chi connectivity index (χ1) is 48.5. The zero-order valence-corrected chi connectivity index (χ0v) is 82.7. The van der Waals surface area contributed by atoms with Gasteiger partial charge in [0.25, 0.3) is 0 Å². The van der Waals surface area contributed by atoms with Gasteiger partial charge in [0.15, 0.2) is 0 Å². The van der Waals surface area contributed by atoms with Crippen LogP contribution in [0.5, 0.6) is 0 Å². The van der Waals surface area contributed by atoms with Crippen molar-refractivity contribution in [2.24, 2.45) is 140 Å². The van der Waals surface area contributed by atoms with Crippen LogP contribution in [-0.4, -0.2) is 97.5 Å². The van der Waals surface area contributed by atoms with Gasteiger partial charge < -0.3 is 39.9 Å². The minimum Gasteiger partial charge on any atom is -0.374 e. The molecule has 1 saturated carbocycles. The third-order valence-electron chi connectivity index (χ3n) is 24.2. The fourth-order valence-corrected chi connectivity index (χ4v) is 18.7. The monoisotopic (exact) mass is 1560 g/mol. The molecule has 110 heavy (non-hydrogen) atoms. The molecule has 0 spiro atoms. The lowest BCUT2D eigenvalue weighted by atomic mass is 9.77. The van der Waals surface area contributed by atoms with E-state index in [0.29, 0.717) is 80.8 Å². The highest BCUT2D eigenvalue weighted by Gasteiger charge is 2.52. The van der Waals surface area contributed by atoms with Gasteiger partial charge in [0.2, 0.25) is 0 Å². The van der Waals surface area contributed by atoms with Crippen LogP contribution in [0.1, 0.15) is 409 Å². The van der Waals surface area contributed by atoms with Crippen molar-refractivity contribution >= 4 is 0 Å². The Labute approximate surface area is 686 Å². The van der Waals surface area contributed by atoms with Crippen LogP contribution in [0, 0.1) is 123 Å². The summed E-state index contributed by atoms with van der Waals surface area (Å²) in [5.41, 5.74) is 25.0. The normalized spacial score (nSPS) is 34.4. The molecule has 7 rings (SSSR count). The minimum atomic E-state index is -0.827. The average molecular weight is 1560 g/mol. The van der Waals surface area contributed by atoms with E-state index in [1.54, 1.807) is 0 Å². The SMILES string of the molecule is CC(C)(C)CC1CCC(C(C)(C)C)O1.CC1C(CC(C)(C)C)OC(C(C)(C)C)C1F.CC1C(CC(C)(C)C)OC(C(C)(C)C)C1N.CC1C(N)C(CC(C)(C)C)OC1C(C)(C)C.CC1C(N=[N+]=[N-])C(CC(C)(C)C)OC1C(C)(C)C.CC1CC(C(C)(C)C)CC1CC(C)(C)C.CC1CC(CC(C)(C)C)OC1C(C)(C)C. The van der Waals surface area contributed by atoms with Crippen molar-refractivity contribution in [3.05, 3.63) is 10.4 Å². The van der Waals surface area contributed by atoms with E-state index in [-0.39, 0.29) is 116 Å². The first-order valence-corrected chi connectivity index (χ1v) is 44.6. The van der Waals surface area contributed by atoms with Gasteiger partial charge in [-0.2, -0.15) is 0 Å². The quantitative estimate of drug-likeness (QED) is 0.138. The summed E-state index contributed by atoms with van der Waals surface area (Å²) in [5.74, 6) is 4.76. The van der Waals surface area contributed by atoms with Crippen molar-refractivity contribution in [1.82, 2.24) is 0 Å². The summed E-state index contributed by atoms with van der Waals surface area (Å²) in [6.07, 6.45) is 16.5. The number of hydrogen-bond donors (Lipinski definition) is 2. The Morgan fingerprint density at radius 1 is 0.318 bits per heavy atom. The summed E-state index contributed by atoms with van der Waals surface area (Å²) < 4.78 is 51.1. The highest BCUT2D eigenvalue weighted by Crippen LogP contribution is 2.51. The van der Waals surface area contributed by atoms with Gasteiger partial charge in [0.1, 0.15) is 6.17 Å². The summed E-state index contributed by atoms with van der Waals surface area (Å²) in [5, 5.41) is 3.99. The van der Waals surface area contributed by atoms with Crippen LogP contribution in [0.3, 0.4) is 0 Å². The Morgan fingerprint density at radius 3 is 1.00 bits per heavy atom. The molecule has 11 nitrogen and oxygen atoms in total. The third kappa shape index (κ3) is 38.8.